The Morgan fingerprint density at radius 1 is 0.673 bits per heavy atom. The van der Waals surface area contributed by atoms with Gasteiger partial charge in [-0.25, -0.2) is 9.59 Å². The minimum atomic E-state index is -1.08. The van der Waals surface area contributed by atoms with Gasteiger partial charge >= 0.3 is 233 Å². The summed E-state index contributed by atoms with van der Waals surface area (Å²) in [6, 6.07) is 13.5. The Kier molecular flexibility index (Phi) is 17.4. The second-order valence-electron chi connectivity index (χ2n) is 11.6. The van der Waals surface area contributed by atoms with E-state index in [-0.39, 0.29) is 34.4 Å². The van der Waals surface area contributed by atoms with Gasteiger partial charge in [0.2, 0.25) is 0 Å². The predicted molar refractivity (Wildman–Crippen MR) is 203 cm³/mol. The van der Waals surface area contributed by atoms with E-state index in [1.165, 1.54) is 0 Å². The van der Waals surface area contributed by atoms with Crippen LogP contribution in [-0.2, 0) is 38.0 Å². The van der Waals surface area contributed by atoms with E-state index in [0.717, 1.165) is 55.1 Å². The third kappa shape index (κ3) is 12.0. The van der Waals surface area contributed by atoms with Crippen LogP contribution >= 0.6 is 45.2 Å². The first-order chi connectivity index (χ1) is 25.1. The Balaban J connectivity index is 1.16. The van der Waals surface area contributed by atoms with E-state index >= 15 is 0 Å². The maximum atomic E-state index is 13.1. The Labute approximate surface area is 341 Å². The first-order valence-electron chi connectivity index (χ1n) is 16.7. The number of esters is 4. The molecular formula is C37H42I3O12-. The average molecular weight is 1060 g/mol. The number of carbonyl (C=O) groups excluding carboxylic acids is 4. The van der Waals surface area contributed by atoms with Gasteiger partial charge in [-0.15, -0.1) is 0 Å². The van der Waals surface area contributed by atoms with Gasteiger partial charge in [0.15, 0.2) is 0 Å². The number of hydrogen-bond acceptors (Lipinski definition) is 12. The number of hydrogen-bond donors (Lipinski definition) is 0. The molecule has 0 spiro atoms. The number of halogens is 3. The van der Waals surface area contributed by atoms with E-state index in [0.29, 0.717) is 47.1 Å². The zero-order valence-corrected chi connectivity index (χ0v) is 35.0. The standard InChI is InChI=1S/C37H42I3O12/c1-3-32(41)46-21-9-6-5-8-20-45-28-15-11-26(12-16-28)34(43)51-30-23-49-37(39)31(24-50-36(30,37)38)52-35(44)27-13-17-29(18-14-27)48-25-40-19-7-10-22-47-33(42)4-2/h3-4,11-18,30-31H,1-2,5-10,19-25H2/q-1/t30-,31+,36+,37+/m0/s1. The monoisotopic (exact) mass is 1060 g/mol. The summed E-state index contributed by atoms with van der Waals surface area (Å²) in [5, 5.41) is 0. The first kappa shape index (κ1) is 42.3. The van der Waals surface area contributed by atoms with Crippen molar-refractivity contribution in [3.8, 4) is 11.5 Å². The summed E-state index contributed by atoms with van der Waals surface area (Å²) in [5.41, 5.74) is 0.714. The fourth-order valence-corrected chi connectivity index (χ4v) is 9.03. The summed E-state index contributed by atoms with van der Waals surface area (Å²) in [7, 11) is 0. The van der Waals surface area contributed by atoms with Crippen LogP contribution in [0.3, 0.4) is 0 Å². The van der Waals surface area contributed by atoms with Crippen LogP contribution in [0.25, 0.3) is 0 Å². The van der Waals surface area contributed by atoms with Gasteiger partial charge in [0.25, 0.3) is 0 Å². The van der Waals surface area contributed by atoms with Crippen molar-refractivity contribution in [2.45, 2.75) is 57.9 Å². The Morgan fingerprint density at radius 3 is 1.60 bits per heavy atom. The molecule has 0 aliphatic carbocycles. The van der Waals surface area contributed by atoms with Gasteiger partial charge in [-0.1, -0.05) is 6.58 Å². The van der Waals surface area contributed by atoms with E-state index in [2.05, 4.69) is 58.3 Å². The Hall–Kier alpha value is -2.49. The number of fused-ring (bicyclic) bond motifs is 1. The third-order valence-electron chi connectivity index (χ3n) is 7.95. The van der Waals surface area contributed by atoms with Crippen molar-refractivity contribution in [1.82, 2.24) is 0 Å². The molecule has 4 atom stereocenters. The zero-order valence-electron chi connectivity index (χ0n) is 28.6. The molecule has 2 aromatic carbocycles. The van der Waals surface area contributed by atoms with Gasteiger partial charge in [0.1, 0.15) is 5.75 Å². The van der Waals surface area contributed by atoms with E-state index in [4.69, 9.17) is 37.9 Å². The molecule has 2 fully saturated rings. The van der Waals surface area contributed by atoms with Crippen LogP contribution in [0.1, 0.15) is 59.2 Å². The molecule has 2 aliphatic heterocycles. The van der Waals surface area contributed by atoms with Gasteiger partial charge in [0.05, 0.1) is 18.8 Å². The predicted octanol–water partition coefficient (Wildman–Crippen LogP) is 3.36. The molecule has 0 aromatic heterocycles. The fraction of sp³-hybridized carbons (Fsp3) is 0.459. The SMILES string of the molecule is C=CC(=O)OCCCCCCOc1ccc(C(=O)O[C@H]2CO[C@]3(I)[C@H](OC(=O)c4ccc(OC[I-]CCCCOC(=O)C=C)cc4)CO[C@]23I)cc1. The van der Waals surface area contributed by atoms with Crippen LogP contribution in [-0.4, -0.2) is 85.4 Å². The zero-order chi connectivity index (χ0) is 37.4. The molecule has 4 rings (SSSR count). The number of benzene rings is 2. The van der Waals surface area contributed by atoms with E-state index in [1.807, 2.05) is 0 Å². The van der Waals surface area contributed by atoms with Crippen LogP contribution in [0.5, 0.6) is 11.5 Å². The summed E-state index contributed by atoms with van der Waals surface area (Å²) in [5.74, 6) is -0.570. The third-order valence-corrected chi connectivity index (χ3v) is 14.9. The molecule has 0 unspecified atom stereocenters. The molecular weight excluding hydrogens is 1020 g/mol. The molecule has 12 nitrogen and oxygen atoms in total. The van der Waals surface area contributed by atoms with Crippen molar-refractivity contribution in [3.63, 3.8) is 0 Å². The molecule has 0 saturated carbocycles. The quantitative estimate of drug-likeness (QED) is 0.0427. The number of unbranched alkanes of at least 4 members (excludes halogenated alkanes) is 4. The number of ether oxygens (including phenoxy) is 8. The van der Waals surface area contributed by atoms with Crippen molar-refractivity contribution in [2.24, 2.45) is 0 Å². The number of carbonyl (C=O) groups is 4. The Morgan fingerprint density at radius 2 is 1.12 bits per heavy atom. The summed E-state index contributed by atoms with van der Waals surface area (Å²) < 4.78 is 45.0. The molecule has 15 heteroatoms. The van der Waals surface area contributed by atoms with E-state index in [9.17, 15) is 19.2 Å². The Bertz CT molecular complexity index is 1410. The molecule has 2 saturated heterocycles. The van der Waals surface area contributed by atoms with Crippen LogP contribution in [0.2, 0.25) is 0 Å². The molecule has 0 radical (unpaired) electrons. The van der Waals surface area contributed by atoms with E-state index in [1.54, 1.807) is 48.5 Å². The summed E-state index contributed by atoms with van der Waals surface area (Å²) >= 11 is 4.02. The van der Waals surface area contributed by atoms with E-state index < -0.39 is 43.3 Å². The van der Waals surface area contributed by atoms with Crippen molar-refractivity contribution in [1.29, 1.82) is 0 Å². The smallest absolute Gasteiger partial charge is 0.0440 e. The second kappa shape index (κ2) is 21.4. The van der Waals surface area contributed by atoms with Gasteiger partial charge in [-0.2, -0.15) is 0 Å². The van der Waals surface area contributed by atoms with Crippen molar-refractivity contribution < 1.29 is 78.3 Å². The summed E-state index contributed by atoms with van der Waals surface area (Å²) in [4.78, 5) is 48.3. The van der Waals surface area contributed by atoms with Gasteiger partial charge < -0.3 is 14.2 Å². The fourth-order valence-electron chi connectivity index (χ4n) is 5.08. The molecule has 284 valence electrons. The molecule has 52 heavy (non-hydrogen) atoms. The maximum absolute atomic E-state index is 13.1. The van der Waals surface area contributed by atoms with Crippen molar-refractivity contribution in [2.75, 3.05) is 42.1 Å². The van der Waals surface area contributed by atoms with Gasteiger partial charge in [0, 0.05) is 6.08 Å². The van der Waals surface area contributed by atoms with Gasteiger partial charge in [-0.05, 0) is 49.9 Å². The normalized spacial score (nSPS) is 21.8. The first-order valence-corrected chi connectivity index (χ1v) is 22.0. The average Bonchev–Trinajstić information content (AvgIpc) is 3.55. The van der Waals surface area contributed by atoms with Crippen LogP contribution < -0.4 is 30.7 Å². The second-order valence-corrected chi connectivity index (χ2v) is 17.6. The molecule has 0 amide bonds. The molecule has 0 bridgehead atoms. The van der Waals surface area contributed by atoms with Crippen molar-refractivity contribution in [3.05, 3.63) is 85.0 Å². The summed E-state index contributed by atoms with van der Waals surface area (Å²) in [6.45, 7) is 8.18. The minimum absolute atomic E-state index is 0.0704. The minimum Gasteiger partial charge on any atom is -0.0440 e. The summed E-state index contributed by atoms with van der Waals surface area (Å²) in [6.07, 6.45) is 6.08. The molecule has 2 aromatic rings. The molecule has 2 heterocycles. The van der Waals surface area contributed by atoms with Crippen LogP contribution in [0.15, 0.2) is 73.8 Å². The number of rotatable bonds is 22. The topological polar surface area (TPSA) is 142 Å². The van der Waals surface area contributed by atoms with Crippen LogP contribution in [0.4, 0.5) is 0 Å². The van der Waals surface area contributed by atoms with Gasteiger partial charge in [-0.3, -0.25) is 0 Å². The van der Waals surface area contributed by atoms with Crippen molar-refractivity contribution >= 4 is 69.1 Å². The van der Waals surface area contributed by atoms with Crippen LogP contribution in [0, 0.1) is 0 Å². The number of alkyl halides is 4. The molecule has 0 N–H and O–H groups in total. The molecule has 2 aliphatic rings.